The van der Waals surface area contributed by atoms with E-state index in [1.54, 1.807) is 32.4 Å². The average Bonchev–Trinajstić information content (AvgIpc) is 3.02. The molecule has 0 saturated heterocycles. The molecule has 6 heteroatoms. The normalized spacial score (nSPS) is 10.5. The molecule has 0 bridgehead atoms. The van der Waals surface area contributed by atoms with Crippen LogP contribution >= 0.6 is 0 Å². The zero-order valence-corrected chi connectivity index (χ0v) is 15.2. The van der Waals surface area contributed by atoms with Gasteiger partial charge in [0.2, 0.25) is 0 Å². The van der Waals surface area contributed by atoms with Crippen LogP contribution in [0, 0.1) is 13.8 Å². The van der Waals surface area contributed by atoms with E-state index in [1.807, 2.05) is 38.1 Å². The predicted molar refractivity (Wildman–Crippen MR) is 101 cm³/mol. The number of rotatable bonds is 5. The Morgan fingerprint density at radius 1 is 1.00 bits per heavy atom. The molecule has 0 unspecified atom stereocenters. The quantitative estimate of drug-likeness (QED) is 0.729. The van der Waals surface area contributed by atoms with Crippen LogP contribution in [0.4, 0.5) is 5.82 Å². The predicted octanol–water partition coefficient (Wildman–Crippen LogP) is 3.96. The van der Waals surface area contributed by atoms with Crippen LogP contribution in [0.2, 0.25) is 0 Å². The van der Waals surface area contributed by atoms with Gasteiger partial charge in [0, 0.05) is 22.9 Å². The standard InChI is InChI=1S/C20H21N3O3/c1-12-5-7-14(8-6-12)18-13(2)22-23-19(18)21-20(24)15-9-16(25-3)11-17(10-15)26-4/h5-11H,1-4H3,(H2,21,22,23,24). The molecule has 2 aromatic carbocycles. The van der Waals surface area contributed by atoms with Crippen LogP contribution in [0.15, 0.2) is 42.5 Å². The minimum Gasteiger partial charge on any atom is -0.497 e. The lowest BCUT2D eigenvalue weighted by Crippen LogP contribution is -2.13. The Morgan fingerprint density at radius 2 is 1.62 bits per heavy atom. The Balaban J connectivity index is 1.93. The Kier molecular flexibility index (Phi) is 4.93. The third-order valence-electron chi connectivity index (χ3n) is 4.13. The van der Waals surface area contributed by atoms with E-state index in [0.29, 0.717) is 22.9 Å². The van der Waals surface area contributed by atoms with Gasteiger partial charge in [0.25, 0.3) is 5.91 Å². The van der Waals surface area contributed by atoms with Gasteiger partial charge in [-0.05, 0) is 31.5 Å². The molecule has 0 radical (unpaired) electrons. The maximum Gasteiger partial charge on any atom is 0.257 e. The van der Waals surface area contributed by atoms with E-state index in [0.717, 1.165) is 16.8 Å². The number of nitrogens with zero attached hydrogens (tertiary/aromatic N) is 1. The van der Waals surface area contributed by atoms with E-state index in [4.69, 9.17) is 9.47 Å². The maximum atomic E-state index is 12.7. The zero-order chi connectivity index (χ0) is 18.7. The molecule has 1 amide bonds. The van der Waals surface area contributed by atoms with Gasteiger partial charge < -0.3 is 14.8 Å². The van der Waals surface area contributed by atoms with Crippen molar-refractivity contribution in [1.82, 2.24) is 10.2 Å². The largest absolute Gasteiger partial charge is 0.497 e. The first-order chi connectivity index (χ1) is 12.5. The fourth-order valence-corrected chi connectivity index (χ4v) is 2.71. The molecule has 1 aromatic heterocycles. The third-order valence-corrected chi connectivity index (χ3v) is 4.13. The zero-order valence-electron chi connectivity index (χ0n) is 15.2. The Morgan fingerprint density at radius 3 is 2.19 bits per heavy atom. The molecule has 0 aliphatic heterocycles. The fourth-order valence-electron chi connectivity index (χ4n) is 2.71. The molecule has 0 aliphatic rings. The second kappa shape index (κ2) is 7.31. The molecule has 134 valence electrons. The molecular weight excluding hydrogens is 330 g/mol. The first kappa shape index (κ1) is 17.5. The molecule has 2 N–H and O–H groups in total. The number of methoxy groups -OCH3 is 2. The van der Waals surface area contributed by atoms with Crippen molar-refractivity contribution in [3.63, 3.8) is 0 Å². The highest BCUT2D eigenvalue weighted by Gasteiger charge is 2.17. The number of aromatic amines is 1. The summed E-state index contributed by atoms with van der Waals surface area (Å²) in [5.74, 6) is 1.29. The summed E-state index contributed by atoms with van der Waals surface area (Å²) < 4.78 is 10.4. The van der Waals surface area contributed by atoms with Gasteiger partial charge in [0.15, 0.2) is 5.82 Å². The van der Waals surface area contributed by atoms with Gasteiger partial charge in [-0.15, -0.1) is 0 Å². The highest BCUT2D eigenvalue weighted by Crippen LogP contribution is 2.30. The van der Waals surface area contributed by atoms with Crippen LogP contribution in [0.3, 0.4) is 0 Å². The number of hydrogen-bond acceptors (Lipinski definition) is 4. The van der Waals surface area contributed by atoms with E-state index in [-0.39, 0.29) is 5.91 Å². The number of nitrogens with one attached hydrogen (secondary N) is 2. The van der Waals surface area contributed by atoms with Crippen LogP contribution in [-0.2, 0) is 0 Å². The number of carbonyl (C=O) groups is 1. The topological polar surface area (TPSA) is 76.2 Å². The Bertz CT molecular complexity index is 908. The summed E-state index contributed by atoms with van der Waals surface area (Å²) in [6.07, 6.45) is 0. The number of amides is 1. The van der Waals surface area contributed by atoms with Crippen LogP contribution in [-0.4, -0.2) is 30.3 Å². The van der Waals surface area contributed by atoms with E-state index >= 15 is 0 Å². The highest BCUT2D eigenvalue weighted by atomic mass is 16.5. The summed E-state index contributed by atoms with van der Waals surface area (Å²) in [5.41, 5.74) is 4.33. The van der Waals surface area contributed by atoms with Crippen LogP contribution in [0.1, 0.15) is 21.6 Å². The van der Waals surface area contributed by atoms with Gasteiger partial charge >= 0.3 is 0 Å². The number of benzene rings is 2. The molecule has 0 saturated carbocycles. The molecule has 0 aliphatic carbocycles. The van der Waals surface area contributed by atoms with E-state index in [2.05, 4.69) is 15.5 Å². The molecule has 6 nitrogen and oxygen atoms in total. The number of aryl methyl sites for hydroxylation is 2. The summed E-state index contributed by atoms with van der Waals surface area (Å²) in [6.45, 7) is 3.96. The van der Waals surface area contributed by atoms with E-state index in [1.165, 1.54) is 5.56 Å². The van der Waals surface area contributed by atoms with Gasteiger partial charge in [0.1, 0.15) is 11.5 Å². The number of aromatic nitrogens is 2. The summed E-state index contributed by atoms with van der Waals surface area (Å²) in [5, 5.41) is 10.1. The molecule has 1 heterocycles. The van der Waals surface area contributed by atoms with Crippen molar-refractivity contribution in [2.75, 3.05) is 19.5 Å². The van der Waals surface area contributed by atoms with E-state index < -0.39 is 0 Å². The summed E-state index contributed by atoms with van der Waals surface area (Å²) in [7, 11) is 3.09. The SMILES string of the molecule is COc1cc(OC)cc(C(=O)Nc2n[nH]c(C)c2-c2ccc(C)cc2)c1. The van der Waals surface area contributed by atoms with Gasteiger partial charge in [-0.25, -0.2) is 0 Å². The fraction of sp³-hybridized carbons (Fsp3) is 0.200. The van der Waals surface area contributed by atoms with Crippen molar-refractivity contribution in [2.45, 2.75) is 13.8 Å². The molecule has 26 heavy (non-hydrogen) atoms. The maximum absolute atomic E-state index is 12.7. The second-order valence-electron chi connectivity index (χ2n) is 5.99. The number of H-pyrrole nitrogens is 1. The van der Waals surface area contributed by atoms with Crippen molar-refractivity contribution < 1.29 is 14.3 Å². The molecule has 0 fully saturated rings. The lowest BCUT2D eigenvalue weighted by molar-refractivity contribution is 0.102. The van der Waals surface area contributed by atoms with Crippen molar-refractivity contribution in [3.05, 3.63) is 59.3 Å². The summed E-state index contributed by atoms with van der Waals surface area (Å²) >= 11 is 0. The smallest absolute Gasteiger partial charge is 0.257 e. The van der Waals surface area contributed by atoms with Crippen molar-refractivity contribution in [2.24, 2.45) is 0 Å². The molecule has 0 atom stereocenters. The summed E-state index contributed by atoms with van der Waals surface area (Å²) in [6, 6.07) is 13.1. The van der Waals surface area contributed by atoms with Crippen molar-refractivity contribution >= 4 is 11.7 Å². The number of hydrogen-bond donors (Lipinski definition) is 2. The van der Waals surface area contributed by atoms with Gasteiger partial charge in [0.05, 0.1) is 14.2 Å². The van der Waals surface area contributed by atoms with Gasteiger partial charge in [-0.2, -0.15) is 5.10 Å². The highest BCUT2D eigenvalue weighted by molar-refractivity contribution is 6.06. The number of anilines is 1. The van der Waals surface area contributed by atoms with Crippen LogP contribution in [0.25, 0.3) is 11.1 Å². The number of carbonyl (C=O) groups excluding carboxylic acids is 1. The first-order valence-electron chi connectivity index (χ1n) is 8.18. The molecule has 0 spiro atoms. The van der Waals surface area contributed by atoms with Crippen molar-refractivity contribution in [3.8, 4) is 22.6 Å². The minimum absolute atomic E-state index is 0.290. The molecular formula is C20H21N3O3. The van der Waals surface area contributed by atoms with Crippen molar-refractivity contribution in [1.29, 1.82) is 0 Å². The number of ether oxygens (including phenoxy) is 2. The lowest BCUT2D eigenvalue weighted by Gasteiger charge is -2.10. The molecule has 3 aromatic rings. The average molecular weight is 351 g/mol. The summed E-state index contributed by atoms with van der Waals surface area (Å²) in [4.78, 5) is 12.7. The minimum atomic E-state index is -0.290. The van der Waals surface area contributed by atoms with Crippen LogP contribution in [0.5, 0.6) is 11.5 Å². The lowest BCUT2D eigenvalue weighted by atomic mass is 10.0. The second-order valence-corrected chi connectivity index (χ2v) is 5.99. The van der Waals surface area contributed by atoms with E-state index in [9.17, 15) is 4.79 Å². The van der Waals surface area contributed by atoms with Gasteiger partial charge in [-0.3, -0.25) is 9.89 Å². The third kappa shape index (κ3) is 3.54. The monoisotopic (exact) mass is 351 g/mol. The molecule has 3 rings (SSSR count). The first-order valence-corrected chi connectivity index (χ1v) is 8.18. The van der Waals surface area contributed by atoms with Crippen LogP contribution < -0.4 is 14.8 Å². The Hall–Kier alpha value is -3.28. The van der Waals surface area contributed by atoms with Gasteiger partial charge in [-0.1, -0.05) is 29.8 Å². The Labute approximate surface area is 152 Å².